The molecule has 0 atom stereocenters. The van der Waals surface area contributed by atoms with Gasteiger partial charge >= 0.3 is 0 Å². The van der Waals surface area contributed by atoms with E-state index in [0.29, 0.717) is 32.7 Å². The van der Waals surface area contributed by atoms with Crippen LogP contribution in [0.5, 0.6) is 0 Å². The van der Waals surface area contributed by atoms with Crippen LogP contribution in [0.4, 0.5) is 0 Å². The Balaban J connectivity index is 0.00000288. The van der Waals surface area contributed by atoms with Gasteiger partial charge in [0.1, 0.15) is 0 Å². The zero-order chi connectivity index (χ0) is 16.9. The molecule has 8 heteroatoms. The van der Waals surface area contributed by atoms with Crippen LogP contribution in [-0.2, 0) is 14.4 Å². The van der Waals surface area contributed by atoms with E-state index in [4.69, 9.17) is 5.73 Å². The molecule has 24 heavy (non-hydrogen) atoms. The van der Waals surface area contributed by atoms with Crippen molar-refractivity contribution in [1.82, 2.24) is 15.1 Å². The number of halogens is 1. The van der Waals surface area contributed by atoms with Crippen LogP contribution in [-0.4, -0.2) is 65.8 Å². The third-order valence-electron chi connectivity index (χ3n) is 4.90. The van der Waals surface area contributed by atoms with Crippen LogP contribution >= 0.6 is 12.4 Å². The van der Waals surface area contributed by atoms with E-state index in [1.807, 2.05) is 0 Å². The monoisotopic (exact) mass is 360 g/mol. The highest BCUT2D eigenvalue weighted by molar-refractivity contribution is 5.86. The van der Waals surface area contributed by atoms with Crippen molar-refractivity contribution in [2.75, 3.05) is 32.7 Å². The molecule has 2 aliphatic rings. The third-order valence-corrected chi connectivity index (χ3v) is 4.90. The van der Waals surface area contributed by atoms with Crippen molar-refractivity contribution < 1.29 is 14.4 Å². The Bertz CT molecular complexity index is 458. The van der Waals surface area contributed by atoms with Crippen molar-refractivity contribution >= 4 is 30.1 Å². The van der Waals surface area contributed by atoms with Gasteiger partial charge in [-0.25, -0.2) is 0 Å². The van der Waals surface area contributed by atoms with Crippen molar-refractivity contribution in [3.63, 3.8) is 0 Å². The normalized spacial score (nSPS) is 20.1. The van der Waals surface area contributed by atoms with E-state index >= 15 is 0 Å². The summed E-state index contributed by atoms with van der Waals surface area (Å²) in [5.74, 6) is -0.0697. The number of nitrogens with zero attached hydrogens (tertiary/aromatic N) is 2. The van der Waals surface area contributed by atoms with Crippen LogP contribution in [0.15, 0.2) is 0 Å². The van der Waals surface area contributed by atoms with Crippen molar-refractivity contribution in [1.29, 1.82) is 0 Å². The second-order valence-corrected chi connectivity index (χ2v) is 6.61. The smallest absolute Gasteiger partial charge is 0.240 e. The van der Waals surface area contributed by atoms with Crippen LogP contribution in [0.3, 0.4) is 0 Å². The molecule has 0 radical (unpaired) electrons. The molecule has 2 fully saturated rings. The topological polar surface area (TPSA) is 95.7 Å². The summed E-state index contributed by atoms with van der Waals surface area (Å²) < 4.78 is 0. The van der Waals surface area contributed by atoms with Gasteiger partial charge in [-0.2, -0.15) is 0 Å². The van der Waals surface area contributed by atoms with Crippen LogP contribution in [0, 0.1) is 0 Å². The van der Waals surface area contributed by atoms with E-state index in [1.54, 1.807) is 16.7 Å². The fourth-order valence-corrected chi connectivity index (χ4v) is 3.30. The molecule has 1 heterocycles. The number of carbonyl (C=O) groups is 3. The molecular formula is C16H29ClN4O3. The lowest BCUT2D eigenvalue weighted by atomic mass is 9.82. The van der Waals surface area contributed by atoms with Gasteiger partial charge in [0.05, 0.1) is 5.54 Å². The van der Waals surface area contributed by atoms with Gasteiger partial charge in [-0.3, -0.25) is 14.4 Å². The fraction of sp³-hybridized carbons (Fsp3) is 0.812. The van der Waals surface area contributed by atoms with E-state index in [9.17, 15) is 14.4 Å². The molecule has 138 valence electrons. The minimum Gasteiger partial charge on any atom is -0.354 e. The predicted octanol–water partition coefficient (Wildman–Crippen LogP) is 0.267. The molecule has 0 spiro atoms. The van der Waals surface area contributed by atoms with Gasteiger partial charge in [0.15, 0.2) is 0 Å². The Morgan fingerprint density at radius 2 is 1.54 bits per heavy atom. The van der Waals surface area contributed by atoms with Crippen molar-refractivity contribution in [2.24, 2.45) is 5.73 Å². The summed E-state index contributed by atoms with van der Waals surface area (Å²) in [5.41, 5.74) is 5.41. The highest BCUT2D eigenvalue weighted by atomic mass is 35.5. The van der Waals surface area contributed by atoms with Crippen molar-refractivity contribution in [3.05, 3.63) is 0 Å². The molecular weight excluding hydrogens is 332 g/mol. The fourth-order valence-electron chi connectivity index (χ4n) is 3.30. The lowest BCUT2D eigenvalue weighted by Crippen LogP contribution is -2.55. The third kappa shape index (κ3) is 5.34. The number of nitrogens with two attached hydrogens (primary N) is 1. The largest absolute Gasteiger partial charge is 0.354 e. The van der Waals surface area contributed by atoms with Crippen molar-refractivity contribution in [2.45, 2.75) is 51.0 Å². The number of hydrogen-bond acceptors (Lipinski definition) is 4. The SMILES string of the molecule is CC(=O)N1CCN(C(=O)CCNC(=O)C2(N)CCCCC2)CC1.Cl. The van der Waals surface area contributed by atoms with Gasteiger partial charge < -0.3 is 20.9 Å². The van der Waals surface area contributed by atoms with Gasteiger partial charge in [-0.15, -0.1) is 12.4 Å². The van der Waals surface area contributed by atoms with E-state index < -0.39 is 5.54 Å². The number of rotatable bonds is 4. The molecule has 0 unspecified atom stereocenters. The molecule has 3 amide bonds. The number of hydrogen-bond donors (Lipinski definition) is 2. The lowest BCUT2D eigenvalue weighted by molar-refractivity contribution is -0.138. The van der Waals surface area contributed by atoms with E-state index in [-0.39, 0.29) is 36.5 Å². The Kier molecular flexibility index (Phi) is 7.96. The summed E-state index contributed by atoms with van der Waals surface area (Å²) in [6.45, 7) is 4.16. The summed E-state index contributed by atoms with van der Waals surface area (Å²) >= 11 is 0. The van der Waals surface area contributed by atoms with E-state index in [1.165, 1.54) is 0 Å². The van der Waals surface area contributed by atoms with Crippen LogP contribution in [0.1, 0.15) is 45.4 Å². The van der Waals surface area contributed by atoms with E-state index in [2.05, 4.69) is 5.32 Å². The lowest BCUT2D eigenvalue weighted by Gasteiger charge is -2.34. The average Bonchev–Trinajstić information content (AvgIpc) is 2.55. The zero-order valence-corrected chi connectivity index (χ0v) is 15.2. The summed E-state index contributed by atoms with van der Waals surface area (Å²) in [4.78, 5) is 39.1. The molecule has 0 bridgehead atoms. The second kappa shape index (κ2) is 9.22. The molecule has 3 N–H and O–H groups in total. The Morgan fingerprint density at radius 3 is 2.08 bits per heavy atom. The highest BCUT2D eigenvalue weighted by Gasteiger charge is 2.35. The molecule has 0 aromatic heterocycles. The minimum absolute atomic E-state index is 0. The molecule has 7 nitrogen and oxygen atoms in total. The molecule has 1 saturated carbocycles. The first-order valence-corrected chi connectivity index (χ1v) is 8.53. The van der Waals surface area contributed by atoms with Gasteiger partial charge in [0.25, 0.3) is 0 Å². The Labute approximate surface area is 149 Å². The summed E-state index contributed by atoms with van der Waals surface area (Å²) in [6, 6.07) is 0. The molecule has 2 rings (SSSR count). The Morgan fingerprint density at radius 1 is 1.00 bits per heavy atom. The summed E-state index contributed by atoms with van der Waals surface area (Å²) in [7, 11) is 0. The first kappa shape index (κ1) is 20.7. The average molecular weight is 361 g/mol. The van der Waals surface area contributed by atoms with Crippen LogP contribution < -0.4 is 11.1 Å². The standard InChI is InChI=1S/C16H28N4O3.ClH/c1-13(21)19-9-11-20(12-10-19)14(22)5-8-18-15(23)16(17)6-3-2-4-7-16;/h2-12,17H2,1H3,(H,18,23);1H. The molecule has 0 aromatic rings. The summed E-state index contributed by atoms with van der Waals surface area (Å²) in [5, 5.41) is 2.81. The van der Waals surface area contributed by atoms with Gasteiger partial charge in [-0.05, 0) is 12.8 Å². The highest BCUT2D eigenvalue weighted by Crippen LogP contribution is 2.25. The summed E-state index contributed by atoms with van der Waals surface area (Å²) in [6.07, 6.45) is 4.84. The van der Waals surface area contributed by atoms with E-state index in [0.717, 1.165) is 32.1 Å². The number of carbonyl (C=O) groups excluding carboxylic acids is 3. The molecule has 0 aromatic carbocycles. The second-order valence-electron chi connectivity index (χ2n) is 6.61. The van der Waals surface area contributed by atoms with Crippen LogP contribution in [0.2, 0.25) is 0 Å². The maximum Gasteiger partial charge on any atom is 0.240 e. The quantitative estimate of drug-likeness (QED) is 0.752. The Hall–Kier alpha value is -1.34. The maximum absolute atomic E-state index is 12.2. The maximum atomic E-state index is 12.2. The van der Waals surface area contributed by atoms with Gasteiger partial charge in [0, 0.05) is 46.1 Å². The number of nitrogens with one attached hydrogen (secondary N) is 1. The first-order valence-electron chi connectivity index (χ1n) is 8.53. The predicted molar refractivity (Wildman–Crippen MR) is 93.7 cm³/mol. The zero-order valence-electron chi connectivity index (χ0n) is 14.4. The first-order chi connectivity index (χ1) is 10.9. The molecule has 1 saturated heterocycles. The molecule has 1 aliphatic carbocycles. The van der Waals surface area contributed by atoms with Crippen molar-refractivity contribution in [3.8, 4) is 0 Å². The number of amides is 3. The van der Waals surface area contributed by atoms with Gasteiger partial charge in [-0.1, -0.05) is 19.3 Å². The number of piperazine rings is 1. The molecule has 1 aliphatic heterocycles. The van der Waals surface area contributed by atoms with Crippen LogP contribution in [0.25, 0.3) is 0 Å². The van der Waals surface area contributed by atoms with Gasteiger partial charge in [0.2, 0.25) is 17.7 Å². The minimum atomic E-state index is -0.756.